The van der Waals surface area contributed by atoms with Gasteiger partial charge in [0.05, 0.1) is 26.6 Å². The second-order valence-electron chi connectivity index (χ2n) is 6.29. The van der Waals surface area contributed by atoms with Crippen LogP contribution in [-0.2, 0) is 0 Å². The summed E-state index contributed by atoms with van der Waals surface area (Å²) in [5, 5.41) is 7.84. The van der Waals surface area contributed by atoms with Gasteiger partial charge in [0, 0.05) is 11.1 Å². The fourth-order valence-electron chi connectivity index (χ4n) is 2.67. The molecule has 0 atom stereocenters. The number of carbonyl (C=O) groups is 2. The Hall–Kier alpha value is -4.53. The molecule has 3 rings (SSSR count). The number of ether oxygens (including phenoxy) is 2. The van der Waals surface area contributed by atoms with Gasteiger partial charge in [0.15, 0.2) is 0 Å². The van der Waals surface area contributed by atoms with Crippen LogP contribution in [0.25, 0.3) is 0 Å². The van der Waals surface area contributed by atoms with Crippen LogP contribution >= 0.6 is 0 Å². The van der Waals surface area contributed by atoms with Crippen LogP contribution in [0.3, 0.4) is 0 Å². The zero-order valence-corrected chi connectivity index (χ0v) is 17.5. The molecule has 0 fully saturated rings. The van der Waals surface area contributed by atoms with Crippen molar-refractivity contribution in [2.24, 2.45) is 10.2 Å². The van der Waals surface area contributed by atoms with Crippen LogP contribution in [0.1, 0.15) is 32.1 Å². The second kappa shape index (κ2) is 11.0. The van der Waals surface area contributed by atoms with Crippen molar-refractivity contribution < 1.29 is 19.1 Å². The number of pyridine rings is 1. The Morgan fingerprint density at radius 1 is 0.719 bits per heavy atom. The summed E-state index contributed by atoms with van der Waals surface area (Å²) < 4.78 is 10.4. The average Bonchev–Trinajstić information content (AvgIpc) is 2.84. The highest BCUT2D eigenvalue weighted by Crippen LogP contribution is 2.15. The molecule has 0 aliphatic heterocycles. The summed E-state index contributed by atoms with van der Waals surface area (Å²) in [5.74, 6) is 0.110. The maximum atomic E-state index is 12.3. The molecule has 0 aliphatic carbocycles. The first-order valence-corrected chi connectivity index (χ1v) is 9.52. The first kappa shape index (κ1) is 22.2. The van der Waals surface area contributed by atoms with Crippen molar-refractivity contribution in [2.45, 2.75) is 0 Å². The molecule has 0 saturated carbocycles. The minimum absolute atomic E-state index is 0.0311. The smallest absolute Gasteiger partial charge is 0.289 e. The number of nitrogens with one attached hydrogen (secondary N) is 2. The van der Waals surface area contributed by atoms with Gasteiger partial charge in [0.25, 0.3) is 11.8 Å². The van der Waals surface area contributed by atoms with Crippen molar-refractivity contribution in [1.82, 2.24) is 15.8 Å². The summed E-state index contributed by atoms with van der Waals surface area (Å²) in [4.78, 5) is 28.8. The van der Waals surface area contributed by atoms with Crippen molar-refractivity contribution in [3.63, 3.8) is 0 Å². The minimum atomic E-state index is -0.566. The Morgan fingerprint density at radius 3 is 1.59 bits per heavy atom. The third kappa shape index (κ3) is 5.76. The van der Waals surface area contributed by atoms with Crippen LogP contribution in [0, 0.1) is 0 Å². The highest BCUT2D eigenvalue weighted by molar-refractivity contribution is 5.97. The Bertz CT molecular complexity index is 1070. The predicted molar refractivity (Wildman–Crippen MR) is 120 cm³/mol. The third-order valence-electron chi connectivity index (χ3n) is 4.23. The van der Waals surface area contributed by atoms with E-state index in [2.05, 4.69) is 26.0 Å². The van der Waals surface area contributed by atoms with Crippen LogP contribution in [-0.4, -0.2) is 43.4 Å². The number of aromatic nitrogens is 1. The summed E-state index contributed by atoms with van der Waals surface area (Å²) >= 11 is 0. The zero-order chi connectivity index (χ0) is 22.8. The molecule has 0 spiro atoms. The van der Waals surface area contributed by atoms with Gasteiger partial charge in [-0.15, -0.1) is 0 Å². The van der Waals surface area contributed by atoms with Gasteiger partial charge in [-0.1, -0.05) is 30.3 Å². The number of hydrazone groups is 2. The van der Waals surface area contributed by atoms with Crippen molar-refractivity contribution in [3.05, 3.63) is 89.2 Å². The molecule has 1 aromatic heterocycles. The number of carbonyl (C=O) groups excluding carboxylic acids is 2. The molecule has 2 aromatic carbocycles. The van der Waals surface area contributed by atoms with Gasteiger partial charge in [0.2, 0.25) is 0 Å². The Kier molecular flexibility index (Phi) is 7.63. The van der Waals surface area contributed by atoms with Gasteiger partial charge in [-0.2, -0.15) is 10.2 Å². The lowest BCUT2D eigenvalue weighted by atomic mass is 10.2. The van der Waals surface area contributed by atoms with Gasteiger partial charge in [-0.3, -0.25) is 9.59 Å². The molecule has 0 saturated heterocycles. The van der Waals surface area contributed by atoms with E-state index in [9.17, 15) is 9.59 Å². The van der Waals surface area contributed by atoms with Crippen molar-refractivity contribution >= 4 is 24.2 Å². The highest BCUT2D eigenvalue weighted by Gasteiger charge is 2.11. The number of hydrogen-bond donors (Lipinski definition) is 2. The molecule has 32 heavy (non-hydrogen) atoms. The Balaban J connectivity index is 1.62. The maximum Gasteiger partial charge on any atom is 0.289 e. The van der Waals surface area contributed by atoms with Crippen LogP contribution in [0.2, 0.25) is 0 Å². The predicted octanol–water partition coefficient (Wildman–Crippen LogP) is 2.63. The van der Waals surface area contributed by atoms with Crippen LogP contribution < -0.4 is 20.3 Å². The molecule has 1 heterocycles. The van der Waals surface area contributed by atoms with Crippen molar-refractivity contribution in [3.8, 4) is 11.5 Å². The van der Waals surface area contributed by atoms with E-state index < -0.39 is 11.8 Å². The van der Waals surface area contributed by atoms with E-state index in [1.165, 1.54) is 24.6 Å². The monoisotopic (exact) mass is 431 g/mol. The second-order valence-corrected chi connectivity index (χ2v) is 6.29. The molecular weight excluding hydrogens is 410 g/mol. The standard InChI is InChI=1S/C23H21N5O4/c1-31-20-12-5-3-8-16(20)14-24-27-22(29)18-10-7-11-19(26-18)23(30)28-25-15-17-9-4-6-13-21(17)32-2/h3-15H,1-2H3,(H,27,29)(H,28,30)/b24-14+,25-15+. The molecular formula is C23H21N5O4. The molecule has 0 unspecified atom stereocenters. The Morgan fingerprint density at radius 2 is 1.16 bits per heavy atom. The van der Waals surface area contributed by atoms with Gasteiger partial charge in [-0.05, 0) is 36.4 Å². The summed E-state index contributed by atoms with van der Waals surface area (Å²) in [6.45, 7) is 0. The van der Waals surface area contributed by atoms with Crippen molar-refractivity contribution in [1.29, 1.82) is 0 Å². The van der Waals surface area contributed by atoms with E-state index in [-0.39, 0.29) is 11.4 Å². The number of rotatable bonds is 8. The largest absolute Gasteiger partial charge is 0.496 e. The van der Waals surface area contributed by atoms with Gasteiger partial charge >= 0.3 is 0 Å². The lowest BCUT2D eigenvalue weighted by Gasteiger charge is -2.05. The van der Waals surface area contributed by atoms with E-state index in [4.69, 9.17) is 9.47 Å². The summed E-state index contributed by atoms with van der Waals surface area (Å²) in [7, 11) is 3.10. The van der Waals surface area contributed by atoms with E-state index >= 15 is 0 Å². The quantitative estimate of drug-likeness (QED) is 0.420. The molecule has 9 heteroatoms. The third-order valence-corrected chi connectivity index (χ3v) is 4.23. The molecule has 9 nitrogen and oxygen atoms in total. The number of amides is 2. The fraction of sp³-hybridized carbons (Fsp3) is 0.0870. The number of para-hydroxylation sites is 2. The van der Waals surface area contributed by atoms with E-state index in [1.807, 2.05) is 24.3 Å². The topological polar surface area (TPSA) is 114 Å². The summed E-state index contributed by atoms with van der Waals surface area (Å²) in [5.41, 5.74) is 6.22. The first-order valence-electron chi connectivity index (χ1n) is 9.52. The SMILES string of the molecule is COc1ccccc1/C=N/NC(=O)c1cccc(C(=O)N/N=C/c2ccccc2OC)n1. The lowest BCUT2D eigenvalue weighted by molar-refractivity contribution is 0.0945. The van der Waals surface area contributed by atoms with E-state index in [0.717, 1.165) is 0 Å². The van der Waals surface area contributed by atoms with Crippen LogP contribution in [0.4, 0.5) is 0 Å². The average molecular weight is 431 g/mol. The lowest BCUT2D eigenvalue weighted by Crippen LogP contribution is -2.23. The molecule has 2 N–H and O–H groups in total. The minimum Gasteiger partial charge on any atom is -0.496 e. The summed E-state index contributed by atoms with van der Waals surface area (Å²) in [6.07, 6.45) is 2.92. The maximum absolute atomic E-state index is 12.3. The first-order chi connectivity index (χ1) is 15.6. The molecule has 2 amide bonds. The molecule has 0 radical (unpaired) electrons. The van der Waals surface area contributed by atoms with Crippen LogP contribution in [0.15, 0.2) is 76.9 Å². The van der Waals surface area contributed by atoms with Gasteiger partial charge in [0.1, 0.15) is 22.9 Å². The molecule has 0 bridgehead atoms. The normalized spacial score (nSPS) is 10.8. The van der Waals surface area contributed by atoms with Crippen molar-refractivity contribution in [2.75, 3.05) is 14.2 Å². The number of methoxy groups -OCH3 is 2. The summed E-state index contributed by atoms with van der Waals surface area (Å²) in [6, 6.07) is 19.0. The van der Waals surface area contributed by atoms with Gasteiger partial charge < -0.3 is 9.47 Å². The van der Waals surface area contributed by atoms with Crippen LogP contribution in [0.5, 0.6) is 11.5 Å². The number of hydrogen-bond acceptors (Lipinski definition) is 7. The molecule has 0 aliphatic rings. The zero-order valence-electron chi connectivity index (χ0n) is 17.5. The molecule has 162 valence electrons. The van der Waals surface area contributed by atoms with E-state index in [0.29, 0.717) is 22.6 Å². The van der Waals surface area contributed by atoms with E-state index in [1.54, 1.807) is 44.6 Å². The number of nitrogens with zero attached hydrogens (tertiary/aromatic N) is 3. The fourth-order valence-corrected chi connectivity index (χ4v) is 2.67. The molecule has 3 aromatic rings. The Labute approximate surface area is 184 Å². The number of benzene rings is 2. The van der Waals surface area contributed by atoms with Gasteiger partial charge in [-0.25, -0.2) is 15.8 Å². The highest BCUT2D eigenvalue weighted by atomic mass is 16.5.